The Hall–Kier alpha value is -7.47. The number of ketones is 1. The van der Waals surface area contributed by atoms with Gasteiger partial charge in [-0.25, -0.2) is 18.4 Å². The van der Waals surface area contributed by atoms with E-state index in [9.17, 15) is 14.4 Å². The van der Waals surface area contributed by atoms with E-state index >= 15 is 8.78 Å². The van der Waals surface area contributed by atoms with Crippen molar-refractivity contribution >= 4 is 214 Å². The molecule has 18 rings (SSSR count). The van der Waals surface area contributed by atoms with Gasteiger partial charge in [0.15, 0.2) is 17.4 Å². The van der Waals surface area contributed by atoms with Crippen molar-refractivity contribution in [2.24, 2.45) is 0 Å². The molecule has 0 atom stereocenters. The lowest BCUT2D eigenvalue weighted by Gasteiger charge is -2.17. The summed E-state index contributed by atoms with van der Waals surface area (Å²) in [6.45, 7) is 8.55. The minimum Gasteiger partial charge on any atom is -0.465 e. The molecule has 19 heteroatoms. The normalized spacial score (nSPS) is 12.5. The van der Waals surface area contributed by atoms with Crippen molar-refractivity contribution in [3.8, 4) is 97.7 Å². The van der Waals surface area contributed by atoms with Crippen LogP contribution in [0.15, 0.2) is 152 Å². The molecular formula is C75H42F2O5S12. The second-order valence-corrected chi connectivity index (χ2v) is 36.4. The molecule has 94 heavy (non-hydrogen) atoms. The summed E-state index contributed by atoms with van der Waals surface area (Å²) in [5.41, 5.74) is 7.91. The van der Waals surface area contributed by atoms with Crippen molar-refractivity contribution in [1.29, 1.82) is 0 Å². The Morgan fingerprint density at radius 3 is 1.21 bits per heavy atom. The molecular weight excluding hydrogens is 1400 g/mol. The number of benzene rings is 5. The van der Waals surface area contributed by atoms with E-state index in [1.807, 2.05) is 41.7 Å². The Morgan fingerprint density at radius 1 is 0.383 bits per heavy atom. The molecule has 0 bridgehead atoms. The molecule has 0 fully saturated rings. The Balaban J connectivity index is 0.859. The maximum atomic E-state index is 17.9. The fourth-order valence-corrected chi connectivity index (χ4v) is 27.3. The van der Waals surface area contributed by atoms with Crippen LogP contribution in [-0.2, 0) is 11.2 Å². The van der Waals surface area contributed by atoms with Gasteiger partial charge >= 0.3 is 11.9 Å². The van der Waals surface area contributed by atoms with Crippen molar-refractivity contribution in [1.82, 2.24) is 0 Å². The number of ether oxygens (including phenoxy) is 2. The number of fused-ring (bicyclic) bond motifs is 7. The summed E-state index contributed by atoms with van der Waals surface area (Å²) in [4.78, 5) is 56.4. The molecule has 0 aliphatic heterocycles. The summed E-state index contributed by atoms with van der Waals surface area (Å²) in [6.07, 6.45) is 0.274. The van der Waals surface area contributed by atoms with E-state index in [0.29, 0.717) is 30.6 Å². The van der Waals surface area contributed by atoms with Crippen LogP contribution in [0.4, 0.5) is 8.78 Å². The lowest BCUT2D eigenvalue weighted by Crippen LogP contribution is -2.19. The molecule has 0 unspecified atom stereocenters. The van der Waals surface area contributed by atoms with Crippen molar-refractivity contribution in [3.63, 3.8) is 0 Å². The van der Waals surface area contributed by atoms with Gasteiger partial charge in [0.2, 0.25) is 0 Å². The molecule has 0 amide bonds. The van der Waals surface area contributed by atoms with Gasteiger partial charge in [-0.15, -0.1) is 136 Å². The maximum Gasteiger partial charge on any atom is 0.356 e. The summed E-state index contributed by atoms with van der Waals surface area (Å²) >= 11 is 19.3. The van der Waals surface area contributed by atoms with Gasteiger partial charge in [0.05, 0.1) is 31.1 Å². The number of methoxy groups -OCH3 is 1. The molecule has 12 heterocycles. The standard InChI is InChI=1S/C75H42F2O5S12/c1-32-16-22-46(83-32)54-41-28-50(36-12-8-6-9-13-36)87-63(41)55(47-23-17-33(2)84-47)43-31-53(90-65(43)54)69-71-59(61(77)72(93-71)74(79)81-5)67(92-69)51-29-42-56(48-24-18-34(3)85-48)66-44(57(64(42)88-51)49-25-19-35(4)86-49)30-52(89-66)68-70-58(62(91-68)37-14-10-7-11-15-37)60(76)73(94-70)75(80)82-39-20-21-40-38(26-39)27-45(40)78/h6-26,28-31H,27H2,1-5H3. The SMILES string of the molecule is COC(=O)c1sc2c(-c3cc4c(-c5ccc(C)s5)c5sc(-c6ccccc6)cc5c(-c5ccc(C)s5)c4s3)sc(-c3cc4c(-c5ccc(C)s5)c5sc(-c6sc(-c7ccccc7)c7c(F)c(C(=O)Oc8ccc9c(c8)CC9=O)sc67)cc5c(-c5ccc(C)s5)c4s3)c2c1F. The van der Waals surface area contributed by atoms with E-state index < -0.39 is 23.6 Å². The average molecular weight is 1450 g/mol. The highest BCUT2D eigenvalue weighted by atomic mass is 32.1. The number of hydrogen-bond donors (Lipinski definition) is 0. The molecule has 1 aliphatic rings. The lowest BCUT2D eigenvalue weighted by molar-refractivity contribution is 0.0601. The number of Topliss-reactive ketones (excluding diaryl/α,β-unsaturated/α-hetero) is 1. The third-order valence-electron chi connectivity index (χ3n) is 17.1. The van der Waals surface area contributed by atoms with Gasteiger partial charge in [0.25, 0.3) is 0 Å². The lowest BCUT2D eigenvalue weighted by atomic mass is 9.87. The summed E-state index contributed by atoms with van der Waals surface area (Å²) in [6, 6.07) is 52.1. The molecule has 458 valence electrons. The Bertz CT molecular complexity index is 5880. The minimum absolute atomic E-state index is 0.0414. The monoisotopic (exact) mass is 1440 g/mol. The van der Waals surface area contributed by atoms with E-state index in [0.717, 1.165) is 124 Å². The van der Waals surface area contributed by atoms with Crippen molar-refractivity contribution in [3.05, 3.63) is 204 Å². The number of thiophene rings is 12. The quantitative estimate of drug-likeness (QED) is 0.0900. The van der Waals surface area contributed by atoms with Crippen LogP contribution >= 0.6 is 136 Å². The number of esters is 2. The Morgan fingerprint density at radius 2 is 0.787 bits per heavy atom. The van der Waals surface area contributed by atoms with E-state index in [1.54, 1.807) is 109 Å². The molecule has 0 saturated heterocycles. The van der Waals surface area contributed by atoms with Crippen LogP contribution in [0.25, 0.3) is 152 Å². The molecule has 5 aromatic carbocycles. The first-order chi connectivity index (χ1) is 45.7. The van der Waals surface area contributed by atoms with Crippen LogP contribution in [0.5, 0.6) is 5.75 Å². The average Bonchev–Trinajstić information content (AvgIpc) is 1.55. The number of halogens is 2. The number of carbonyl (C=O) groups excluding carboxylic acids is 3. The highest BCUT2D eigenvalue weighted by molar-refractivity contribution is 7.36. The topological polar surface area (TPSA) is 69.7 Å². The highest BCUT2D eigenvalue weighted by Gasteiger charge is 2.34. The van der Waals surface area contributed by atoms with Crippen LogP contribution in [0.3, 0.4) is 0 Å². The van der Waals surface area contributed by atoms with Gasteiger partial charge in [-0.2, -0.15) is 0 Å². The molecule has 1 aliphatic carbocycles. The van der Waals surface area contributed by atoms with E-state index in [-0.39, 0.29) is 27.7 Å². The summed E-state index contributed by atoms with van der Waals surface area (Å²) in [5.74, 6) is -2.42. The van der Waals surface area contributed by atoms with Gasteiger partial charge in [-0.05, 0) is 135 Å². The first kappa shape index (κ1) is 59.1. The molecule has 0 spiro atoms. The van der Waals surface area contributed by atoms with E-state index in [1.165, 1.54) is 69.6 Å². The molecule has 17 aromatic rings. The smallest absolute Gasteiger partial charge is 0.356 e. The van der Waals surface area contributed by atoms with Gasteiger partial charge in [0.1, 0.15) is 15.5 Å². The summed E-state index contributed by atoms with van der Waals surface area (Å²) in [7, 11) is 1.31. The first-order valence-corrected chi connectivity index (χ1v) is 39.4. The number of hydrogen-bond acceptors (Lipinski definition) is 17. The van der Waals surface area contributed by atoms with Gasteiger partial charge < -0.3 is 9.47 Å². The Kier molecular flexibility index (Phi) is 14.2. The summed E-state index contributed by atoms with van der Waals surface area (Å²) < 4.78 is 52.3. The molecule has 0 radical (unpaired) electrons. The van der Waals surface area contributed by atoms with E-state index in [4.69, 9.17) is 9.47 Å². The van der Waals surface area contributed by atoms with Crippen LogP contribution < -0.4 is 4.74 Å². The van der Waals surface area contributed by atoms with Crippen LogP contribution in [0.2, 0.25) is 0 Å². The fraction of sp³-hybridized carbons (Fsp3) is 0.0800. The van der Waals surface area contributed by atoms with E-state index in [2.05, 4.69) is 131 Å². The minimum atomic E-state index is -0.797. The molecule has 12 aromatic heterocycles. The number of aryl methyl sites for hydroxylation is 4. The number of carbonyl (C=O) groups is 3. The predicted molar refractivity (Wildman–Crippen MR) is 405 cm³/mol. The van der Waals surface area contributed by atoms with Crippen molar-refractivity contribution in [2.45, 2.75) is 34.1 Å². The fourth-order valence-electron chi connectivity index (χ4n) is 12.8. The van der Waals surface area contributed by atoms with Crippen molar-refractivity contribution < 1.29 is 32.6 Å². The maximum absolute atomic E-state index is 17.9. The number of rotatable bonds is 12. The second-order valence-electron chi connectivity index (χ2n) is 23.0. The van der Waals surface area contributed by atoms with Crippen LogP contribution in [-0.4, -0.2) is 24.8 Å². The Labute approximate surface area is 583 Å². The zero-order chi connectivity index (χ0) is 63.7. The zero-order valence-corrected chi connectivity index (χ0v) is 59.6. The zero-order valence-electron chi connectivity index (χ0n) is 49.8. The molecule has 5 nitrogen and oxygen atoms in total. The van der Waals surface area contributed by atoms with Gasteiger partial charge in [0, 0.05) is 149 Å². The largest absolute Gasteiger partial charge is 0.465 e. The molecule has 0 N–H and O–H groups in total. The van der Waals surface area contributed by atoms with Crippen LogP contribution in [0.1, 0.15) is 54.8 Å². The van der Waals surface area contributed by atoms with Gasteiger partial charge in [-0.3, -0.25) is 4.79 Å². The summed E-state index contributed by atoms with van der Waals surface area (Å²) in [5, 5.41) is 5.18. The predicted octanol–water partition coefficient (Wildman–Crippen LogP) is 26.6. The van der Waals surface area contributed by atoms with Crippen molar-refractivity contribution in [2.75, 3.05) is 7.11 Å². The van der Waals surface area contributed by atoms with Crippen LogP contribution in [0, 0.1) is 39.3 Å². The molecule has 0 saturated carbocycles. The first-order valence-electron chi connectivity index (χ1n) is 29.6. The third-order valence-corrected chi connectivity index (χ3v) is 31.4. The highest BCUT2D eigenvalue weighted by Crippen LogP contribution is 2.61. The second kappa shape index (κ2) is 22.6. The van der Waals surface area contributed by atoms with Gasteiger partial charge in [-0.1, -0.05) is 60.7 Å². The third kappa shape index (κ3) is 9.32.